The Balaban J connectivity index is 0. The zero-order valence-corrected chi connectivity index (χ0v) is 16.0. The molecule has 1 aliphatic rings. The van der Waals surface area contributed by atoms with Gasteiger partial charge in [0, 0.05) is 19.5 Å². The van der Waals surface area contributed by atoms with Crippen LogP contribution in [0.1, 0.15) is 19.3 Å². The Morgan fingerprint density at radius 3 is 2.17 bits per heavy atom. The molecule has 23 heavy (non-hydrogen) atoms. The van der Waals surface area contributed by atoms with Gasteiger partial charge in [0.05, 0.1) is 12.6 Å². The molecular formula is C12H27N3O7Zn. The van der Waals surface area contributed by atoms with Crippen LogP contribution in [0.5, 0.6) is 0 Å². The molecule has 1 aliphatic heterocycles. The molecule has 0 aromatic carbocycles. The van der Waals surface area contributed by atoms with E-state index >= 15 is 0 Å². The maximum absolute atomic E-state index is 10.1. The second-order valence-electron chi connectivity index (χ2n) is 5.04. The van der Waals surface area contributed by atoms with Crippen molar-refractivity contribution >= 4 is 5.97 Å². The van der Waals surface area contributed by atoms with Crippen LogP contribution in [-0.4, -0.2) is 81.3 Å². The van der Waals surface area contributed by atoms with Crippen molar-refractivity contribution in [2.24, 2.45) is 17.2 Å². The minimum Gasteiger partial charge on any atom is -0.480 e. The van der Waals surface area contributed by atoms with E-state index in [1.165, 1.54) is 0 Å². The predicted molar refractivity (Wildman–Crippen MR) is 76.5 cm³/mol. The fraction of sp³-hybridized carbons (Fsp3) is 0.917. The fourth-order valence-corrected chi connectivity index (χ4v) is 1.75. The fourth-order valence-electron chi connectivity index (χ4n) is 1.75. The molecule has 2 unspecified atom stereocenters. The van der Waals surface area contributed by atoms with Crippen molar-refractivity contribution in [3.8, 4) is 0 Å². The molecule has 1 saturated heterocycles. The first kappa shape index (κ1) is 25.0. The third kappa shape index (κ3) is 8.99. The molecule has 10 nitrogen and oxygen atoms in total. The van der Waals surface area contributed by atoms with Crippen LogP contribution in [0.3, 0.4) is 0 Å². The summed E-state index contributed by atoms with van der Waals surface area (Å²) in [7, 11) is 0. The summed E-state index contributed by atoms with van der Waals surface area (Å²) in [6, 6.07) is -1.76. The minimum absolute atomic E-state index is 0. The summed E-state index contributed by atoms with van der Waals surface area (Å²) in [5.41, 5.74) is 15.7. The Morgan fingerprint density at radius 2 is 1.74 bits per heavy atom. The third-order valence-corrected chi connectivity index (χ3v) is 3.24. The van der Waals surface area contributed by atoms with Gasteiger partial charge in [-0.1, -0.05) is 6.42 Å². The van der Waals surface area contributed by atoms with Gasteiger partial charge in [0.2, 0.25) is 0 Å². The van der Waals surface area contributed by atoms with Crippen LogP contribution in [0, 0.1) is 0 Å². The Labute approximate surface area is 147 Å². The van der Waals surface area contributed by atoms with Gasteiger partial charge in [-0.2, -0.15) is 0 Å². The Morgan fingerprint density at radius 1 is 1.17 bits per heavy atom. The van der Waals surface area contributed by atoms with E-state index in [4.69, 9.17) is 37.3 Å². The Bertz CT molecular complexity index is 322. The standard InChI is InChI=1S/C6H14N2O2.C6H13NO5.Zn/c7-4-2-1-3-5(8)6(9)10;7-3-5(10)4(9)2(1-8)12-6(3)11;/h5H,1-4,7-8H2,(H,9,10);2-6,8-11H,1,7H2;/t;2-,3-,4-,5-,6?;/m.1./s1. The summed E-state index contributed by atoms with van der Waals surface area (Å²) < 4.78 is 4.70. The molecule has 6 atom stereocenters. The number of unbranched alkanes of at least 4 members (excludes halogenated alkanes) is 1. The van der Waals surface area contributed by atoms with Gasteiger partial charge >= 0.3 is 5.97 Å². The second kappa shape index (κ2) is 13.1. The van der Waals surface area contributed by atoms with Crippen LogP contribution in [0.15, 0.2) is 0 Å². The maximum Gasteiger partial charge on any atom is 0.320 e. The zero-order valence-electron chi connectivity index (χ0n) is 13.0. The molecule has 0 aromatic heterocycles. The van der Waals surface area contributed by atoms with Crippen molar-refractivity contribution in [1.29, 1.82) is 0 Å². The van der Waals surface area contributed by atoms with Gasteiger partial charge in [0.25, 0.3) is 0 Å². The van der Waals surface area contributed by atoms with Gasteiger partial charge in [0.15, 0.2) is 6.29 Å². The summed E-state index contributed by atoms with van der Waals surface area (Å²) in [6.45, 7) is 0.133. The number of carboxylic acids is 1. The Hall–Kier alpha value is -0.227. The molecule has 1 fully saturated rings. The number of hydrogen-bond donors (Lipinski definition) is 8. The van der Waals surface area contributed by atoms with Gasteiger partial charge in [-0.15, -0.1) is 0 Å². The van der Waals surface area contributed by atoms with E-state index in [9.17, 15) is 15.0 Å². The summed E-state index contributed by atoms with van der Waals surface area (Å²) in [6.07, 6.45) is -2.69. The number of rotatable bonds is 6. The van der Waals surface area contributed by atoms with Gasteiger partial charge < -0.3 is 47.5 Å². The molecule has 1 heterocycles. The summed E-state index contributed by atoms with van der Waals surface area (Å²) in [5.74, 6) is -0.933. The van der Waals surface area contributed by atoms with Crippen molar-refractivity contribution < 1.29 is 54.5 Å². The third-order valence-electron chi connectivity index (χ3n) is 3.24. The van der Waals surface area contributed by atoms with Crippen LogP contribution in [0.25, 0.3) is 0 Å². The number of nitrogens with two attached hydrogens (primary N) is 3. The van der Waals surface area contributed by atoms with Gasteiger partial charge in [-0.05, 0) is 19.4 Å². The number of aliphatic hydroxyl groups is 4. The number of carboxylic acid groups (broad SMARTS) is 1. The molecule has 0 saturated carbocycles. The maximum atomic E-state index is 10.1. The van der Waals surface area contributed by atoms with Gasteiger partial charge in [-0.3, -0.25) is 4.79 Å². The molecule has 0 amide bonds. The molecule has 0 bridgehead atoms. The number of ether oxygens (including phenoxy) is 1. The molecule has 0 spiro atoms. The van der Waals surface area contributed by atoms with Crippen molar-refractivity contribution in [1.82, 2.24) is 0 Å². The smallest absolute Gasteiger partial charge is 0.320 e. The normalized spacial score (nSPS) is 31.3. The number of aliphatic carboxylic acids is 1. The molecule has 1 rings (SSSR count). The van der Waals surface area contributed by atoms with E-state index in [0.29, 0.717) is 13.0 Å². The number of carbonyl (C=O) groups is 1. The van der Waals surface area contributed by atoms with Crippen molar-refractivity contribution in [3.63, 3.8) is 0 Å². The van der Waals surface area contributed by atoms with E-state index in [0.717, 1.165) is 12.8 Å². The second-order valence-corrected chi connectivity index (χ2v) is 5.04. The number of aliphatic hydroxyl groups excluding tert-OH is 4. The predicted octanol–water partition coefficient (Wildman–Crippen LogP) is -3.73. The molecule has 0 aromatic rings. The Kier molecular flexibility index (Phi) is 14.3. The van der Waals surface area contributed by atoms with E-state index in [1.54, 1.807) is 0 Å². The van der Waals surface area contributed by atoms with E-state index in [1.807, 2.05) is 0 Å². The van der Waals surface area contributed by atoms with Crippen LogP contribution in [0.4, 0.5) is 0 Å². The molecule has 11 heteroatoms. The zero-order chi connectivity index (χ0) is 17.3. The summed E-state index contributed by atoms with van der Waals surface area (Å²) >= 11 is 0. The molecule has 11 N–H and O–H groups in total. The molecule has 0 aliphatic carbocycles. The van der Waals surface area contributed by atoms with Crippen molar-refractivity contribution in [3.05, 3.63) is 0 Å². The average molecular weight is 391 g/mol. The van der Waals surface area contributed by atoms with Gasteiger partial charge in [-0.25, -0.2) is 0 Å². The molecular weight excluding hydrogens is 364 g/mol. The quantitative estimate of drug-likeness (QED) is 0.164. The topological polar surface area (TPSA) is 206 Å². The summed E-state index contributed by atoms with van der Waals surface area (Å²) in [5, 5.41) is 44.4. The minimum atomic E-state index is -1.35. The van der Waals surface area contributed by atoms with Crippen LogP contribution in [-0.2, 0) is 29.0 Å². The van der Waals surface area contributed by atoms with E-state index in [2.05, 4.69) is 0 Å². The summed E-state index contributed by atoms with van der Waals surface area (Å²) in [4.78, 5) is 10.1. The molecule has 0 radical (unpaired) electrons. The monoisotopic (exact) mass is 389 g/mol. The SMILES string of the molecule is NCCCCC(N)C(=O)O.N[C@H]1C(O)O[C@H](CO)[C@@H](O)[C@@H]1O.[Zn]. The first-order valence-electron chi connectivity index (χ1n) is 7.00. The van der Waals surface area contributed by atoms with Crippen LogP contribution in [0.2, 0.25) is 0 Å². The first-order chi connectivity index (χ1) is 10.3. The first-order valence-corrected chi connectivity index (χ1v) is 7.00. The van der Waals surface area contributed by atoms with Gasteiger partial charge in [0.1, 0.15) is 24.4 Å². The van der Waals surface area contributed by atoms with Crippen molar-refractivity contribution in [2.45, 2.75) is 55.9 Å². The number of hydrogen-bond acceptors (Lipinski definition) is 9. The van der Waals surface area contributed by atoms with Crippen molar-refractivity contribution in [2.75, 3.05) is 13.2 Å². The van der Waals surface area contributed by atoms with Crippen LogP contribution >= 0.6 is 0 Å². The van der Waals surface area contributed by atoms with E-state index in [-0.39, 0.29) is 19.5 Å². The van der Waals surface area contributed by atoms with Crippen LogP contribution < -0.4 is 17.2 Å². The average Bonchev–Trinajstić information content (AvgIpc) is 2.49. The largest absolute Gasteiger partial charge is 0.480 e. The molecule has 134 valence electrons. The van der Waals surface area contributed by atoms with E-state index < -0.39 is 49.3 Å².